The van der Waals surface area contributed by atoms with Gasteiger partial charge in [-0.1, -0.05) is 0 Å². The van der Waals surface area contributed by atoms with E-state index in [4.69, 9.17) is 9.57 Å². The van der Waals surface area contributed by atoms with E-state index in [1.165, 1.54) is 0 Å². The standard InChI is InChI=1S/C6H13NO2/c1-8-7-4-6-2-3-9-5-6/h6-7H,2-5H2,1H3/t6-/m1/s1. The molecular weight excluding hydrogens is 118 g/mol. The summed E-state index contributed by atoms with van der Waals surface area (Å²) in [6.45, 7) is 2.71. The molecule has 3 nitrogen and oxygen atoms in total. The van der Waals surface area contributed by atoms with Crippen molar-refractivity contribution in [1.29, 1.82) is 0 Å². The Labute approximate surface area is 55.3 Å². The van der Waals surface area contributed by atoms with Gasteiger partial charge in [0.05, 0.1) is 13.7 Å². The van der Waals surface area contributed by atoms with Gasteiger partial charge < -0.3 is 9.57 Å². The van der Waals surface area contributed by atoms with Crippen molar-refractivity contribution in [2.24, 2.45) is 5.92 Å². The average molecular weight is 131 g/mol. The Morgan fingerprint density at radius 1 is 1.78 bits per heavy atom. The molecule has 0 aromatic rings. The zero-order chi connectivity index (χ0) is 6.53. The van der Waals surface area contributed by atoms with Crippen LogP contribution in [-0.2, 0) is 9.57 Å². The lowest BCUT2D eigenvalue weighted by Crippen LogP contribution is -2.21. The van der Waals surface area contributed by atoms with Crippen LogP contribution in [0.25, 0.3) is 0 Å². The first kappa shape index (κ1) is 6.99. The number of hydroxylamine groups is 1. The molecule has 9 heavy (non-hydrogen) atoms. The van der Waals surface area contributed by atoms with Crippen LogP contribution in [0, 0.1) is 5.92 Å². The van der Waals surface area contributed by atoms with Gasteiger partial charge >= 0.3 is 0 Å². The molecule has 0 aliphatic carbocycles. The molecule has 3 heteroatoms. The summed E-state index contributed by atoms with van der Waals surface area (Å²) >= 11 is 0. The summed E-state index contributed by atoms with van der Waals surface area (Å²) in [5.41, 5.74) is 2.81. The monoisotopic (exact) mass is 131 g/mol. The molecule has 1 heterocycles. The molecule has 1 atom stereocenters. The molecule has 0 spiro atoms. The maximum atomic E-state index is 5.16. The van der Waals surface area contributed by atoms with Crippen LogP contribution in [0.15, 0.2) is 0 Å². The fraction of sp³-hybridized carbons (Fsp3) is 1.00. The number of ether oxygens (including phenoxy) is 1. The Morgan fingerprint density at radius 2 is 2.67 bits per heavy atom. The molecule has 0 amide bonds. The summed E-state index contributed by atoms with van der Waals surface area (Å²) in [6.07, 6.45) is 1.16. The van der Waals surface area contributed by atoms with Gasteiger partial charge in [-0.05, 0) is 12.3 Å². The van der Waals surface area contributed by atoms with Crippen LogP contribution < -0.4 is 5.48 Å². The van der Waals surface area contributed by atoms with Gasteiger partial charge in [0.1, 0.15) is 0 Å². The Bertz CT molecular complexity index is 71.5. The highest BCUT2D eigenvalue weighted by molar-refractivity contribution is 4.63. The SMILES string of the molecule is CONC[C@H]1CCOC1. The van der Waals surface area contributed by atoms with Crippen molar-refractivity contribution in [3.8, 4) is 0 Å². The second-order valence-corrected chi connectivity index (χ2v) is 2.28. The molecule has 1 aliphatic heterocycles. The molecule has 1 aliphatic rings. The van der Waals surface area contributed by atoms with Crippen LogP contribution in [0.1, 0.15) is 6.42 Å². The molecule has 1 N–H and O–H groups in total. The van der Waals surface area contributed by atoms with E-state index in [9.17, 15) is 0 Å². The van der Waals surface area contributed by atoms with E-state index in [2.05, 4.69) is 5.48 Å². The third-order valence-corrected chi connectivity index (χ3v) is 1.54. The van der Waals surface area contributed by atoms with Crippen molar-refractivity contribution in [3.05, 3.63) is 0 Å². The van der Waals surface area contributed by atoms with E-state index in [1.54, 1.807) is 7.11 Å². The van der Waals surface area contributed by atoms with Crippen molar-refractivity contribution >= 4 is 0 Å². The molecule has 0 unspecified atom stereocenters. The van der Waals surface area contributed by atoms with E-state index >= 15 is 0 Å². The normalized spacial score (nSPS) is 27.0. The Kier molecular flexibility index (Phi) is 2.97. The van der Waals surface area contributed by atoms with Crippen molar-refractivity contribution in [3.63, 3.8) is 0 Å². The van der Waals surface area contributed by atoms with E-state index in [1.807, 2.05) is 0 Å². The molecule has 0 radical (unpaired) electrons. The summed E-state index contributed by atoms with van der Waals surface area (Å²) in [7, 11) is 1.63. The van der Waals surface area contributed by atoms with E-state index < -0.39 is 0 Å². The summed E-state index contributed by atoms with van der Waals surface area (Å²) in [5.74, 6) is 0.657. The van der Waals surface area contributed by atoms with Crippen LogP contribution in [0.4, 0.5) is 0 Å². The quantitative estimate of drug-likeness (QED) is 0.554. The lowest BCUT2D eigenvalue weighted by molar-refractivity contribution is 0.0766. The molecule has 1 saturated heterocycles. The maximum absolute atomic E-state index is 5.16. The second kappa shape index (κ2) is 3.82. The Balaban J connectivity index is 1.98. The first-order chi connectivity index (χ1) is 4.43. The average Bonchev–Trinajstić information content (AvgIpc) is 2.34. The minimum absolute atomic E-state index is 0.657. The van der Waals surface area contributed by atoms with Crippen molar-refractivity contribution in [2.45, 2.75) is 6.42 Å². The third kappa shape index (κ3) is 2.30. The molecule has 0 aromatic carbocycles. The fourth-order valence-electron chi connectivity index (χ4n) is 0.946. The van der Waals surface area contributed by atoms with Crippen molar-refractivity contribution in [2.75, 3.05) is 26.9 Å². The number of rotatable bonds is 3. The predicted octanol–water partition coefficient (Wildman–Crippen LogP) is 0.174. The van der Waals surface area contributed by atoms with Crippen LogP contribution >= 0.6 is 0 Å². The molecule has 1 fully saturated rings. The summed E-state index contributed by atoms with van der Waals surface area (Å²) in [6, 6.07) is 0. The minimum Gasteiger partial charge on any atom is -0.381 e. The molecule has 1 rings (SSSR count). The van der Waals surface area contributed by atoms with Crippen molar-refractivity contribution in [1.82, 2.24) is 5.48 Å². The molecule has 0 aromatic heterocycles. The van der Waals surface area contributed by atoms with E-state index in [-0.39, 0.29) is 0 Å². The Morgan fingerprint density at radius 3 is 3.22 bits per heavy atom. The summed E-state index contributed by atoms with van der Waals surface area (Å²) in [5, 5.41) is 0. The highest BCUT2D eigenvalue weighted by atomic mass is 16.6. The Hall–Kier alpha value is -0.120. The van der Waals surface area contributed by atoms with Gasteiger partial charge in [-0.2, -0.15) is 0 Å². The zero-order valence-electron chi connectivity index (χ0n) is 5.72. The number of hydrogen-bond acceptors (Lipinski definition) is 3. The predicted molar refractivity (Wildman–Crippen MR) is 33.9 cm³/mol. The smallest absolute Gasteiger partial charge is 0.0572 e. The fourth-order valence-corrected chi connectivity index (χ4v) is 0.946. The zero-order valence-corrected chi connectivity index (χ0v) is 5.72. The topological polar surface area (TPSA) is 30.5 Å². The van der Waals surface area contributed by atoms with Gasteiger partial charge in [0.25, 0.3) is 0 Å². The molecule has 54 valence electrons. The van der Waals surface area contributed by atoms with E-state index in [0.29, 0.717) is 5.92 Å². The molecule has 0 bridgehead atoms. The van der Waals surface area contributed by atoms with Gasteiger partial charge in [0, 0.05) is 13.2 Å². The molecular formula is C6H13NO2. The lowest BCUT2D eigenvalue weighted by Gasteiger charge is -2.05. The van der Waals surface area contributed by atoms with Crippen molar-refractivity contribution < 1.29 is 9.57 Å². The van der Waals surface area contributed by atoms with E-state index in [0.717, 1.165) is 26.2 Å². The van der Waals surface area contributed by atoms with Crippen LogP contribution in [0.5, 0.6) is 0 Å². The largest absolute Gasteiger partial charge is 0.381 e. The van der Waals surface area contributed by atoms with Gasteiger partial charge in [-0.3, -0.25) is 0 Å². The first-order valence-corrected chi connectivity index (χ1v) is 3.27. The summed E-state index contributed by atoms with van der Waals surface area (Å²) in [4.78, 5) is 4.70. The lowest BCUT2D eigenvalue weighted by atomic mass is 10.1. The highest BCUT2D eigenvalue weighted by Crippen LogP contribution is 2.09. The third-order valence-electron chi connectivity index (χ3n) is 1.54. The minimum atomic E-state index is 0.657. The van der Waals surface area contributed by atoms with Gasteiger partial charge in [-0.15, -0.1) is 0 Å². The van der Waals surface area contributed by atoms with Crippen LogP contribution in [0.2, 0.25) is 0 Å². The van der Waals surface area contributed by atoms with Gasteiger partial charge in [0.2, 0.25) is 0 Å². The van der Waals surface area contributed by atoms with Gasteiger partial charge in [0.15, 0.2) is 0 Å². The van der Waals surface area contributed by atoms with Crippen LogP contribution in [-0.4, -0.2) is 26.9 Å². The number of nitrogens with one attached hydrogen (secondary N) is 1. The van der Waals surface area contributed by atoms with Gasteiger partial charge in [-0.25, -0.2) is 5.48 Å². The number of hydrogen-bond donors (Lipinski definition) is 1. The molecule has 0 saturated carbocycles. The maximum Gasteiger partial charge on any atom is 0.0572 e. The second-order valence-electron chi connectivity index (χ2n) is 2.28. The highest BCUT2D eigenvalue weighted by Gasteiger charge is 2.14. The first-order valence-electron chi connectivity index (χ1n) is 3.27. The summed E-state index contributed by atoms with van der Waals surface area (Å²) < 4.78 is 5.16. The van der Waals surface area contributed by atoms with Crippen LogP contribution in [0.3, 0.4) is 0 Å².